The Hall–Kier alpha value is -3.56. The van der Waals surface area contributed by atoms with Crippen molar-refractivity contribution in [2.24, 2.45) is 0 Å². The van der Waals surface area contributed by atoms with E-state index in [4.69, 9.17) is 4.74 Å². The van der Waals surface area contributed by atoms with Crippen LogP contribution in [-0.2, 0) is 27.4 Å². The van der Waals surface area contributed by atoms with Crippen molar-refractivity contribution in [2.45, 2.75) is 25.9 Å². The van der Waals surface area contributed by atoms with Crippen LogP contribution in [0.4, 0.5) is 5.69 Å². The molecule has 0 bridgehead atoms. The molecule has 9 nitrogen and oxygen atoms in total. The zero-order chi connectivity index (χ0) is 22.8. The van der Waals surface area contributed by atoms with Gasteiger partial charge in [-0.05, 0) is 35.9 Å². The van der Waals surface area contributed by atoms with Crippen LogP contribution >= 0.6 is 0 Å². The number of nitrogens with one attached hydrogen (secondary N) is 2. The topological polar surface area (TPSA) is 108 Å². The van der Waals surface area contributed by atoms with E-state index in [1.807, 2.05) is 18.2 Å². The number of hydrogen-bond acceptors (Lipinski definition) is 6. The Morgan fingerprint density at radius 3 is 2.45 bits per heavy atom. The van der Waals surface area contributed by atoms with Gasteiger partial charge in [-0.3, -0.25) is 24.2 Å². The van der Waals surface area contributed by atoms with Gasteiger partial charge in [0, 0.05) is 37.2 Å². The third kappa shape index (κ3) is 4.79. The maximum Gasteiger partial charge on any atom is 0.255 e. The molecule has 3 heterocycles. The van der Waals surface area contributed by atoms with E-state index in [2.05, 4.69) is 20.2 Å². The molecular weight excluding hydrogens is 422 g/mol. The standard InChI is InChI=1S/C24H25N5O4/c30-22-7-8-23(31)29(22)14-16-1-3-17(4-2-16)24(32)25-18-5-6-19-20(13-18)27-21(26-19)15-28-9-11-33-12-10-28/h1-6,13H,7-12,14-15H2,(H,25,32)(H,26,27). The minimum atomic E-state index is -0.234. The molecule has 0 spiro atoms. The van der Waals surface area contributed by atoms with Gasteiger partial charge in [0.05, 0.1) is 37.3 Å². The van der Waals surface area contributed by atoms with Crippen molar-refractivity contribution >= 4 is 34.4 Å². The summed E-state index contributed by atoms with van der Waals surface area (Å²) in [6, 6.07) is 12.5. The Labute approximate surface area is 190 Å². The van der Waals surface area contributed by atoms with Gasteiger partial charge in [-0.1, -0.05) is 12.1 Å². The summed E-state index contributed by atoms with van der Waals surface area (Å²) >= 11 is 0. The number of imide groups is 1. The zero-order valence-corrected chi connectivity index (χ0v) is 18.2. The normalized spacial score (nSPS) is 17.2. The number of H-pyrrole nitrogens is 1. The maximum absolute atomic E-state index is 12.7. The number of benzene rings is 2. The van der Waals surface area contributed by atoms with E-state index in [0.29, 0.717) is 11.3 Å². The van der Waals surface area contributed by atoms with E-state index in [1.54, 1.807) is 24.3 Å². The summed E-state index contributed by atoms with van der Waals surface area (Å²) in [5.74, 6) is 0.358. The molecule has 33 heavy (non-hydrogen) atoms. The highest BCUT2D eigenvalue weighted by atomic mass is 16.5. The molecule has 0 atom stereocenters. The van der Waals surface area contributed by atoms with Crippen molar-refractivity contribution in [1.29, 1.82) is 0 Å². The molecule has 0 unspecified atom stereocenters. The summed E-state index contributed by atoms with van der Waals surface area (Å²) < 4.78 is 5.39. The summed E-state index contributed by atoms with van der Waals surface area (Å²) in [4.78, 5) is 47.8. The van der Waals surface area contributed by atoms with E-state index < -0.39 is 0 Å². The molecule has 2 fully saturated rings. The second-order valence-corrected chi connectivity index (χ2v) is 8.33. The molecule has 3 aromatic rings. The Balaban J connectivity index is 1.23. The fraction of sp³-hybridized carbons (Fsp3) is 0.333. The van der Waals surface area contributed by atoms with Gasteiger partial charge in [0.25, 0.3) is 5.91 Å². The van der Waals surface area contributed by atoms with E-state index in [1.165, 1.54) is 4.90 Å². The van der Waals surface area contributed by atoms with Gasteiger partial charge in [-0.2, -0.15) is 0 Å². The molecule has 2 N–H and O–H groups in total. The van der Waals surface area contributed by atoms with E-state index >= 15 is 0 Å². The number of aromatic nitrogens is 2. The smallest absolute Gasteiger partial charge is 0.255 e. The summed E-state index contributed by atoms with van der Waals surface area (Å²) in [7, 11) is 0. The van der Waals surface area contributed by atoms with Gasteiger partial charge in [-0.15, -0.1) is 0 Å². The number of aromatic amines is 1. The predicted octanol–water partition coefficient (Wildman–Crippen LogP) is 2.30. The minimum absolute atomic E-state index is 0.149. The van der Waals surface area contributed by atoms with Gasteiger partial charge < -0.3 is 15.0 Å². The number of hydrogen-bond donors (Lipinski definition) is 2. The zero-order valence-electron chi connectivity index (χ0n) is 18.2. The van der Waals surface area contributed by atoms with Crippen LogP contribution in [0.5, 0.6) is 0 Å². The number of likely N-dealkylation sites (tertiary alicyclic amines) is 1. The third-order valence-electron chi connectivity index (χ3n) is 5.98. The average molecular weight is 447 g/mol. The van der Waals surface area contributed by atoms with Crippen LogP contribution in [0.2, 0.25) is 0 Å². The maximum atomic E-state index is 12.7. The Bertz CT molecular complexity index is 1180. The predicted molar refractivity (Wildman–Crippen MR) is 121 cm³/mol. The molecular formula is C24H25N5O4. The summed E-state index contributed by atoms with van der Waals surface area (Å²) in [5, 5.41) is 2.92. The lowest BCUT2D eigenvalue weighted by molar-refractivity contribution is -0.139. The Morgan fingerprint density at radius 1 is 1.00 bits per heavy atom. The van der Waals surface area contributed by atoms with Crippen LogP contribution in [0.15, 0.2) is 42.5 Å². The molecule has 1 aromatic heterocycles. The number of carbonyl (C=O) groups excluding carboxylic acids is 3. The fourth-order valence-electron chi connectivity index (χ4n) is 4.13. The first-order valence-corrected chi connectivity index (χ1v) is 11.1. The Morgan fingerprint density at radius 2 is 1.73 bits per heavy atom. The molecule has 2 saturated heterocycles. The van der Waals surface area contributed by atoms with Crippen LogP contribution in [0, 0.1) is 0 Å². The molecule has 2 aromatic carbocycles. The molecule has 170 valence electrons. The molecule has 0 radical (unpaired) electrons. The molecule has 9 heteroatoms. The van der Waals surface area contributed by atoms with E-state index in [-0.39, 0.29) is 37.1 Å². The summed E-state index contributed by atoms with van der Waals surface area (Å²) in [5.41, 5.74) is 3.70. The van der Waals surface area contributed by atoms with Crippen molar-refractivity contribution in [1.82, 2.24) is 19.8 Å². The first kappa shape index (κ1) is 21.3. The van der Waals surface area contributed by atoms with Gasteiger partial charge in [-0.25, -0.2) is 4.98 Å². The molecule has 5 rings (SSSR count). The van der Waals surface area contributed by atoms with Crippen LogP contribution < -0.4 is 5.32 Å². The number of nitrogens with zero attached hydrogens (tertiary/aromatic N) is 3. The highest BCUT2D eigenvalue weighted by Gasteiger charge is 2.28. The van der Waals surface area contributed by atoms with Gasteiger partial charge in [0.2, 0.25) is 11.8 Å². The second-order valence-electron chi connectivity index (χ2n) is 8.33. The summed E-state index contributed by atoms with van der Waals surface area (Å²) in [6.45, 7) is 4.24. The van der Waals surface area contributed by atoms with Gasteiger partial charge in [0.15, 0.2) is 0 Å². The van der Waals surface area contributed by atoms with Crippen molar-refractivity contribution in [2.75, 3.05) is 31.6 Å². The fourth-order valence-corrected chi connectivity index (χ4v) is 4.13. The van der Waals surface area contributed by atoms with Crippen molar-refractivity contribution in [3.8, 4) is 0 Å². The molecule has 2 aliphatic rings. The van der Waals surface area contributed by atoms with Crippen molar-refractivity contribution in [3.63, 3.8) is 0 Å². The third-order valence-corrected chi connectivity index (χ3v) is 5.98. The van der Waals surface area contributed by atoms with E-state index in [9.17, 15) is 14.4 Å². The number of amides is 3. The molecule has 2 aliphatic heterocycles. The lowest BCUT2D eigenvalue weighted by Gasteiger charge is -2.25. The highest BCUT2D eigenvalue weighted by molar-refractivity contribution is 6.05. The number of imidazole rings is 1. The number of morpholine rings is 1. The molecule has 0 aliphatic carbocycles. The largest absolute Gasteiger partial charge is 0.379 e. The average Bonchev–Trinajstić information content (AvgIpc) is 3.37. The SMILES string of the molecule is O=C(Nc1ccc2nc(CN3CCOCC3)[nH]c2c1)c1ccc(CN2C(=O)CCC2=O)cc1. The first-order chi connectivity index (χ1) is 16.0. The highest BCUT2D eigenvalue weighted by Crippen LogP contribution is 2.20. The summed E-state index contributed by atoms with van der Waals surface area (Å²) in [6.07, 6.45) is 0.545. The van der Waals surface area contributed by atoms with Crippen LogP contribution in [-0.4, -0.2) is 63.8 Å². The first-order valence-electron chi connectivity index (χ1n) is 11.1. The number of carbonyl (C=O) groups is 3. The number of fused-ring (bicyclic) bond motifs is 1. The lowest BCUT2D eigenvalue weighted by Crippen LogP contribution is -2.35. The van der Waals surface area contributed by atoms with Crippen LogP contribution in [0.25, 0.3) is 11.0 Å². The second kappa shape index (κ2) is 9.13. The number of ether oxygens (including phenoxy) is 1. The quantitative estimate of drug-likeness (QED) is 0.562. The van der Waals surface area contributed by atoms with Gasteiger partial charge >= 0.3 is 0 Å². The minimum Gasteiger partial charge on any atom is -0.379 e. The van der Waals surface area contributed by atoms with E-state index in [0.717, 1.165) is 55.3 Å². The molecule has 3 amide bonds. The van der Waals surface area contributed by atoms with Crippen LogP contribution in [0.3, 0.4) is 0 Å². The van der Waals surface area contributed by atoms with Crippen molar-refractivity contribution < 1.29 is 19.1 Å². The number of anilines is 1. The van der Waals surface area contributed by atoms with Gasteiger partial charge in [0.1, 0.15) is 5.82 Å². The number of rotatable bonds is 6. The van der Waals surface area contributed by atoms with Crippen molar-refractivity contribution in [3.05, 3.63) is 59.4 Å². The monoisotopic (exact) mass is 447 g/mol. The Kier molecular flexibility index (Phi) is 5.89. The lowest BCUT2D eigenvalue weighted by atomic mass is 10.1. The van der Waals surface area contributed by atoms with Crippen LogP contribution in [0.1, 0.15) is 34.6 Å². The molecule has 0 saturated carbocycles.